The third-order valence-corrected chi connectivity index (χ3v) is 4.20. The van der Waals surface area contributed by atoms with Crippen LogP contribution in [-0.2, 0) is 6.61 Å². The summed E-state index contributed by atoms with van der Waals surface area (Å²) in [6, 6.07) is 25.0. The summed E-state index contributed by atoms with van der Waals surface area (Å²) in [5, 5.41) is 19.8. The number of nitriles is 1. The van der Waals surface area contributed by atoms with Crippen LogP contribution in [0.2, 0.25) is 0 Å². The molecule has 0 saturated carbocycles. The number of benzene rings is 3. The molecule has 7 heteroatoms. The number of rotatable bonds is 6. The maximum Gasteiger partial charge on any atom is 0.255 e. The van der Waals surface area contributed by atoms with Crippen LogP contribution in [0.25, 0.3) is 11.5 Å². The zero-order valence-corrected chi connectivity index (χ0v) is 15.8. The molecule has 0 atom stereocenters. The van der Waals surface area contributed by atoms with Crippen molar-refractivity contribution in [1.29, 1.82) is 5.26 Å². The Balaban J connectivity index is 1.40. The first-order valence-electron chi connectivity index (χ1n) is 9.13. The van der Waals surface area contributed by atoms with Gasteiger partial charge in [-0.2, -0.15) is 5.26 Å². The molecule has 0 bridgehead atoms. The lowest BCUT2D eigenvalue weighted by Gasteiger charge is -2.08. The Morgan fingerprint density at radius 2 is 1.83 bits per heavy atom. The van der Waals surface area contributed by atoms with Gasteiger partial charge in [0, 0.05) is 22.9 Å². The second kappa shape index (κ2) is 8.71. The van der Waals surface area contributed by atoms with Gasteiger partial charge in [0.25, 0.3) is 11.8 Å². The van der Waals surface area contributed by atoms with Gasteiger partial charge in [0.05, 0.1) is 11.6 Å². The summed E-state index contributed by atoms with van der Waals surface area (Å²) in [6.07, 6.45) is 0. The molecule has 0 radical (unpaired) electrons. The quantitative estimate of drug-likeness (QED) is 0.517. The fraction of sp³-hybridized carbons (Fsp3) is 0.0435. The first kappa shape index (κ1) is 18.9. The second-order valence-corrected chi connectivity index (χ2v) is 6.33. The standard InChI is InChI=1S/C23H16N4O3/c24-14-16-6-4-9-18(12-16)22(28)25-19-10-5-11-20(13-19)29-15-21-26-27-23(30-21)17-7-2-1-3-8-17/h1-13H,15H2,(H,25,28). The number of anilines is 1. The van der Waals surface area contributed by atoms with Gasteiger partial charge in [0.2, 0.25) is 5.89 Å². The van der Waals surface area contributed by atoms with Crippen molar-refractivity contribution in [2.75, 3.05) is 5.32 Å². The number of hydrogen-bond donors (Lipinski definition) is 1. The first-order chi connectivity index (χ1) is 14.7. The van der Waals surface area contributed by atoms with Crippen LogP contribution in [0.3, 0.4) is 0 Å². The van der Waals surface area contributed by atoms with Crippen molar-refractivity contribution < 1.29 is 13.9 Å². The van der Waals surface area contributed by atoms with E-state index < -0.39 is 0 Å². The molecular weight excluding hydrogens is 380 g/mol. The number of nitrogens with zero attached hydrogens (tertiary/aromatic N) is 3. The van der Waals surface area contributed by atoms with Crippen LogP contribution in [-0.4, -0.2) is 16.1 Å². The highest BCUT2D eigenvalue weighted by atomic mass is 16.5. The van der Waals surface area contributed by atoms with Crippen molar-refractivity contribution in [2.24, 2.45) is 0 Å². The van der Waals surface area contributed by atoms with Crippen LogP contribution >= 0.6 is 0 Å². The molecule has 0 aliphatic carbocycles. The van der Waals surface area contributed by atoms with E-state index in [1.165, 1.54) is 6.07 Å². The number of ether oxygens (including phenoxy) is 1. The first-order valence-corrected chi connectivity index (χ1v) is 9.13. The predicted molar refractivity (Wildman–Crippen MR) is 110 cm³/mol. The predicted octanol–water partition coefficient (Wildman–Crippen LogP) is 4.44. The van der Waals surface area contributed by atoms with Crippen molar-refractivity contribution >= 4 is 11.6 Å². The number of nitrogens with one attached hydrogen (secondary N) is 1. The molecule has 0 aliphatic rings. The Bertz CT molecular complexity index is 1210. The average Bonchev–Trinajstić information content (AvgIpc) is 3.28. The van der Waals surface area contributed by atoms with E-state index in [-0.39, 0.29) is 12.5 Å². The zero-order chi connectivity index (χ0) is 20.8. The summed E-state index contributed by atoms with van der Waals surface area (Å²) >= 11 is 0. The molecule has 30 heavy (non-hydrogen) atoms. The molecule has 7 nitrogen and oxygen atoms in total. The van der Waals surface area contributed by atoms with E-state index in [0.29, 0.717) is 34.3 Å². The Morgan fingerprint density at radius 1 is 1.00 bits per heavy atom. The molecule has 1 N–H and O–H groups in total. The summed E-state index contributed by atoms with van der Waals surface area (Å²) in [5.41, 5.74) is 2.23. The van der Waals surface area contributed by atoms with Gasteiger partial charge in [-0.15, -0.1) is 10.2 Å². The third kappa shape index (κ3) is 4.51. The minimum atomic E-state index is -0.311. The third-order valence-electron chi connectivity index (χ3n) is 4.20. The lowest BCUT2D eigenvalue weighted by atomic mass is 10.1. The highest BCUT2D eigenvalue weighted by molar-refractivity contribution is 6.04. The summed E-state index contributed by atoms with van der Waals surface area (Å²) in [5.74, 6) is 0.998. The lowest BCUT2D eigenvalue weighted by molar-refractivity contribution is 0.102. The largest absolute Gasteiger partial charge is 0.484 e. The number of hydrogen-bond acceptors (Lipinski definition) is 6. The minimum absolute atomic E-state index is 0.0987. The Morgan fingerprint density at radius 3 is 2.67 bits per heavy atom. The van der Waals surface area contributed by atoms with Gasteiger partial charge in [-0.3, -0.25) is 4.79 Å². The van der Waals surface area contributed by atoms with Crippen molar-refractivity contribution in [1.82, 2.24) is 10.2 Å². The zero-order valence-electron chi connectivity index (χ0n) is 15.8. The van der Waals surface area contributed by atoms with Gasteiger partial charge in [0.15, 0.2) is 6.61 Å². The van der Waals surface area contributed by atoms with Crippen molar-refractivity contribution in [3.8, 4) is 23.3 Å². The van der Waals surface area contributed by atoms with Gasteiger partial charge >= 0.3 is 0 Å². The maximum absolute atomic E-state index is 12.4. The molecule has 1 heterocycles. The lowest BCUT2D eigenvalue weighted by Crippen LogP contribution is -2.12. The number of carbonyl (C=O) groups excluding carboxylic acids is 1. The fourth-order valence-electron chi connectivity index (χ4n) is 2.75. The maximum atomic E-state index is 12.4. The topological polar surface area (TPSA) is 101 Å². The highest BCUT2D eigenvalue weighted by Crippen LogP contribution is 2.21. The molecule has 1 amide bonds. The molecular formula is C23H16N4O3. The molecule has 0 fully saturated rings. The summed E-state index contributed by atoms with van der Waals surface area (Å²) < 4.78 is 11.3. The molecule has 0 unspecified atom stereocenters. The van der Waals surface area contributed by atoms with Crippen LogP contribution in [0.1, 0.15) is 21.8 Å². The van der Waals surface area contributed by atoms with Crippen molar-refractivity contribution in [3.63, 3.8) is 0 Å². The van der Waals surface area contributed by atoms with E-state index in [1.807, 2.05) is 36.4 Å². The summed E-state index contributed by atoms with van der Waals surface area (Å²) in [7, 11) is 0. The fourth-order valence-corrected chi connectivity index (χ4v) is 2.75. The second-order valence-electron chi connectivity index (χ2n) is 6.33. The van der Waals surface area contributed by atoms with Gasteiger partial charge in [-0.1, -0.05) is 30.3 Å². The van der Waals surface area contributed by atoms with Gasteiger partial charge < -0.3 is 14.5 Å². The smallest absolute Gasteiger partial charge is 0.255 e. The Hall–Kier alpha value is -4.44. The molecule has 3 aromatic carbocycles. The van der Waals surface area contributed by atoms with Crippen molar-refractivity contribution in [2.45, 2.75) is 6.61 Å². The van der Waals surface area contributed by atoms with Gasteiger partial charge in [-0.25, -0.2) is 0 Å². The minimum Gasteiger partial charge on any atom is -0.484 e. The van der Waals surface area contributed by atoms with Crippen LogP contribution < -0.4 is 10.1 Å². The van der Waals surface area contributed by atoms with Crippen LogP contribution in [0.15, 0.2) is 83.3 Å². The molecule has 0 saturated heterocycles. The van der Waals surface area contributed by atoms with Gasteiger partial charge in [-0.05, 0) is 42.5 Å². The molecule has 0 spiro atoms. The van der Waals surface area contributed by atoms with Gasteiger partial charge in [0.1, 0.15) is 5.75 Å². The van der Waals surface area contributed by atoms with E-state index in [9.17, 15) is 4.79 Å². The molecule has 0 aliphatic heterocycles. The van der Waals surface area contributed by atoms with E-state index in [2.05, 4.69) is 15.5 Å². The van der Waals surface area contributed by atoms with Crippen LogP contribution in [0.5, 0.6) is 5.75 Å². The monoisotopic (exact) mass is 396 g/mol. The van der Waals surface area contributed by atoms with Crippen molar-refractivity contribution in [3.05, 3.63) is 95.9 Å². The normalized spacial score (nSPS) is 10.2. The van der Waals surface area contributed by atoms with E-state index in [4.69, 9.17) is 14.4 Å². The van der Waals surface area contributed by atoms with E-state index >= 15 is 0 Å². The summed E-state index contributed by atoms with van der Waals surface area (Å²) in [4.78, 5) is 12.4. The Labute approximate surface area is 172 Å². The molecule has 146 valence electrons. The highest BCUT2D eigenvalue weighted by Gasteiger charge is 2.10. The van der Waals surface area contributed by atoms with Crippen LogP contribution in [0, 0.1) is 11.3 Å². The van der Waals surface area contributed by atoms with Crippen LogP contribution in [0.4, 0.5) is 5.69 Å². The number of amides is 1. The van der Waals surface area contributed by atoms with E-state index in [0.717, 1.165) is 5.56 Å². The SMILES string of the molecule is N#Cc1cccc(C(=O)Nc2cccc(OCc3nnc(-c4ccccc4)o3)c2)c1. The Kier molecular flexibility index (Phi) is 5.49. The number of aromatic nitrogens is 2. The van der Waals surface area contributed by atoms with E-state index in [1.54, 1.807) is 42.5 Å². The molecule has 1 aromatic heterocycles. The molecule has 4 rings (SSSR count). The summed E-state index contributed by atoms with van der Waals surface area (Å²) in [6.45, 7) is 0.0987. The average molecular weight is 396 g/mol. The number of carbonyl (C=O) groups is 1. The molecule has 4 aromatic rings.